The smallest absolute Gasteiger partial charge is 0.294 e. The average Bonchev–Trinajstić information content (AvgIpc) is 3.25. The highest BCUT2D eigenvalue weighted by Crippen LogP contribution is 2.38. The number of nitrogens with zero attached hydrogens (tertiary/aromatic N) is 6. The molecule has 20 heteroatoms. The highest BCUT2D eigenvalue weighted by Gasteiger charge is 2.17. The molecular weight excluding hydrogens is 887 g/mol. The molecule has 0 spiro atoms. The second kappa shape index (κ2) is 20.4. The predicted octanol–water partition coefficient (Wildman–Crippen LogP) is 11.9. The van der Waals surface area contributed by atoms with E-state index in [0.29, 0.717) is 63.1 Å². The Balaban J connectivity index is 1.13. The van der Waals surface area contributed by atoms with Gasteiger partial charge in [-0.25, -0.2) is 0 Å². The molecule has 0 saturated carbocycles. The maximum absolute atomic E-state index is 11.9. The van der Waals surface area contributed by atoms with Gasteiger partial charge in [0.05, 0.1) is 83.6 Å². The molecule has 6 aromatic carbocycles. The fourth-order valence-electron chi connectivity index (χ4n) is 6.72. The number of anilines is 3. The molecule has 0 radical (unpaired) electrons. The number of nitrogens with one attached hydrogen (secondary N) is 2. The molecule has 0 saturated heterocycles. The molecule has 0 bridgehead atoms. The number of benzene rings is 6. The minimum atomic E-state index is -4.58. The van der Waals surface area contributed by atoms with Crippen LogP contribution in [0.2, 0.25) is 0 Å². The molecule has 0 atom stereocenters. The predicted molar refractivity (Wildman–Crippen MR) is 257 cm³/mol. The van der Waals surface area contributed by atoms with Crippen LogP contribution in [0.25, 0.3) is 10.8 Å². The van der Waals surface area contributed by atoms with E-state index >= 15 is 0 Å². The topological polar surface area (TPSA) is 261 Å². The largest absolute Gasteiger partial charge is 0.495 e. The zero-order chi connectivity index (χ0) is 47.9. The zero-order valence-electron chi connectivity index (χ0n) is 37.7. The van der Waals surface area contributed by atoms with Crippen molar-refractivity contribution in [2.45, 2.75) is 52.9 Å². The SMILES string of the molecule is COc1cc(N=Nc2cc(C)c(N)cc2C)c(C)cc1NCNc1cc(C)c(N=Nc2cc(C)c(/N=N\c3ccc4cc(S(=O)(=O)O)cc(OCCCS(=O)(=O)O)c4c3)cc2C)cc1OC. The van der Waals surface area contributed by atoms with Gasteiger partial charge in [0.25, 0.3) is 20.2 Å². The number of hydrogen-bond donors (Lipinski definition) is 5. The lowest BCUT2D eigenvalue weighted by atomic mass is 10.1. The van der Waals surface area contributed by atoms with Crippen molar-refractivity contribution in [3.05, 3.63) is 112 Å². The summed E-state index contributed by atoms with van der Waals surface area (Å²) in [5.41, 5.74) is 17.1. The van der Waals surface area contributed by atoms with Crippen LogP contribution in [0, 0.1) is 41.5 Å². The van der Waals surface area contributed by atoms with Crippen LogP contribution in [0.4, 0.5) is 51.2 Å². The summed E-state index contributed by atoms with van der Waals surface area (Å²) < 4.78 is 82.0. The molecule has 6 rings (SSSR count). The van der Waals surface area contributed by atoms with Crippen molar-refractivity contribution >= 4 is 82.2 Å². The highest BCUT2D eigenvalue weighted by molar-refractivity contribution is 7.86. The van der Waals surface area contributed by atoms with Crippen molar-refractivity contribution in [1.82, 2.24) is 0 Å². The monoisotopic (exact) mass is 937 g/mol. The number of ether oxygens (including phenoxy) is 3. The first-order chi connectivity index (χ1) is 31.2. The Morgan fingerprint density at radius 3 is 1.53 bits per heavy atom. The summed E-state index contributed by atoms with van der Waals surface area (Å²) in [6.07, 6.45) is -0.0587. The fraction of sp³-hybridized carbons (Fsp3) is 0.261. The Hall–Kier alpha value is -7.00. The molecule has 0 unspecified atom stereocenters. The van der Waals surface area contributed by atoms with E-state index < -0.39 is 30.9 Å². The number of azo groups is 3. The van der Waals surface area contributed by atoms with Crippen molar-refractivity contribution in [2.24, 2.45) is 30.7 Å². The number of nitrogen functional groups attached to an aromatic ring is 1. The van der Waals surface area contributed by atoms with Gasteiger partial charge in [-0.05, 0) is 141 Å². The number of rotatable bonds is 18. The van der Waals surface area contributed by atoms with Crippen molar-refractivity contribution in [3.63, 3.8) is 0 Å². The summed E-state index contributed by atoms with van der Waals surface area (Å²) in [6.45, 7) is 11.7. The average molecular weight is 938 g/mol. The quantitative estimate of drug-likeness (QED) is 0.0177. The van der Waals surface area contributed by atoms with Gasteiger partial charge >= 0.3 is 0 Å². The lowest BCUT2D eigenvalue weighted by Gasteiger charge is -2.17. The molecule has 66 heavy (non-hydrogen) atoms. The van der Waals surface area contributed by atoms with Crippen LogP contribution in [0.5, 0.6) is 17.2 Å². The summed E-state index contributed by atoms with van der Waals surface area (Å²) in [5.74, 6) is 0.692. The lowest BCUT2D eigenvalue weighted by Crippen LogP contribution is -2.13. The first-order valence-corrected chi connectivity index (χ1v) is 23.5. The molecule has 0 aliphatic heterocycles. The number of hydrogen-bond acceptors (Lipinski definition) is 16. The maximum Gasteiger partial charge on any atom is 0.294 e. The van der Waals surface area contributed by atoms with Gasteiger partial charge in [0.15, 0.2) is 0 Å². The van der Waals surface area contributed by atoms with E-state index in [1.54, 1.807) is 32.4 Å². The summed E-state index contributed by atoms with van der Waals surface area (Å²) in [4.78, 5) is -0.401. The number of fused-ring (bicyclic) bond motifs is 1. The van der Waals surface area contributed by atoms with E-state index in [0.717, 1.165) is 56.5 Å². The van der Waals surface area contributed by atoms with Gasteiger partial charge in [0, 0.05) is 29.3 Å². The van der Waals surface area contributed by atoms with Crippen LogP contribution in [0.3, 0.4) is 0 Å². The third-order valence-electron chi connectivity index (χ3n) is 10.5. The number of aryl methyl sites for hydroxylation is 6. The van der Waals surface area contributed by atoms with Crippen LogP contribution < -0.4 is 30.6 Å². The molecule has 0 amide bonds. The van der Waals surface area contributed by atoms with Crippen LogP contribution in [0.1, 0.15) is 39.8 Å². The molecular formula is C46H51N9O9S2. The summed E-state index contributed by atoms with van der Waals surface area (Å²) in [5, 5.41) is 34.6. The molecule has 0 fully saturated rings. The molecule has 0 aliphatic rings. The maximum atomic E-state index is 11.9. The minimum Gasteiger partial charge on any atom is -0.495 e. The molecule has 0 heterocycles. The first kappa shape index (κ1) is 48.5. The molecule has 346 valence electrons. The molecule has 6 aromatic rings. The van der Waals surface area contributed by atoms with Crippen LogP contribution in [-0.2, 0) is 20.2 Å². The van der Waals surface area contributed by atoms with E-state index in [-0.39, 0.29) is 18.8 Å². The van der Waals surface area contributed by atoms with Crippen molar-refractivity contribution in [1.29, 1.82) is 0 Å². The van der Waals surface area contributed by atoms with E-state index in [9.17, 15) is 21.4 Å². The number of methoxy groups -OCH3 is 2. The lowest BCUT2D eigenvalue weighted by molar-refractivity contribution is 0.319. The summed E-state index contributed by atoms with van der Waals surface area (Å²) in [7, 11) is -5.62. The molecule has 18 nitrogen and oxygen atoms in total. The van der Waals surface area contributed by atoms with Crippen LogP contribution >= 0.6 is 0 Å². The van der Waals surface area contributed by atoms with Gasteiger partial charge in [-0.1, -0.05) is 6.07 Å². The van der Waals surface area contributed by atoms with Gasteiger partial charge in [-0.2, -0.15) is 47.5 Å². The van der Waals surface area contributed by atoms with Gasteiger partial charge in [0.1, 0.15) is 17.2 Å². The normalized spacial score (nSPS) is 12.2. The Morgan fingerprint density at radius 2 is 1.03 bits per heavy atom. The molecule has 6 N–H and O–H groups in total. The molecule has 0 aliphatic carbocycles. The van der Waals surface area contributed by atoms with Gasteiger partial charge in [-0.3, -0.25) is 9.11 Å². The van der Waals surface area contributed by atoms with Crippen molar-refractivity contribution < 1.29 is 40.2 Å². The highest BCUT2D eigenvalue weighted by atomic mass is 32.2. The summed E-state index contributed by atoms with van der Waals surface area (Å²) >= 11 is 0. The van der Waals surface area contributed by atoms with Gasteiger partial charge in [-0.15, -0.1) is 0 Å². The first-order valence-electron chi connectivity index (χ1n) is 20.4. The minimum absolute atomic E-state index is 0.0587. The van der Waals surface area contributed by atoms with Crippen molar-refractivity contribution in [3.8, 4) is 17.2 Å². The second-order valence-electron chi connectivity index (χ2n) is 15.5. The van der Waals surface area contributed by atoms with Crippen LogP contribution in [-0.4, -0.2) is 59.2 Å². The Kier molecular flexibility index (Phi) is 15.0. The Morgan fingerprint density at radius 1 is 0.561 bits per heavy atom. The van der Waals surface area contributed by atoms with E-state index in [1.165, 1.54) is 6.07 Å². The number of nitrogens with two attached hydrogens (primary N) is 1. The van der Waals surface area contributed by atoms with Gasteiger partial charge in [0.2, 0.25) is 0 Å². The Labute approximate surface area is 383 Å². The third kappa shape index (κ3) is 12.2. The Bertz CT molecular complexity index is 3140. The van der Waals surface area contributed by atoms with E-state index in [4.69, 9.17) is 24.5 Å². The summed E-state index contributed by atoms with van der Waals surface area (Å²) in [6, 6.07) is 22.3. The zero-order valence-corrected chi connectivity index (χ0v) is 39.3. The van der Waals surface area contributed by atoms with Crippen LogP contribution in [0.15, 0.2) is 114 Å². The van der Waals surface area contributed by atoms with E-state index in [1.807, 2.05) is 90.1 Å². The van der Waals surface area contributed by atoms with Crippen molar-refractivity contribution in [2.75, 3.05) is 49.6 Å². The standard InChI is InChI=1S/C46H51N9O9S2/c1-26-15-37(27(2)14-36(26)47)52-54-40-23-45(62-7)42(18-30(40)5)48-25-49-43-19-31(6)41(24-46(43)63-8)55-53-39-17-28(3)38(16-29(39)4)51-50-33-11-10-32-20-34(66(59,60)61)22-44(35(32)21-33)64-12-9-13-65(56,57)58/h10-11,14-24,48-49H,9,12-13,25,47H2,1-8H3,(H,56,57,58)(H,59,60,61)/b51-50-,54-52?,55-53?. The molecule has 0 aromatic heterocycles. The van der Waals surface area contributed by atoms with E-state index in [2.05, 4.69) is 41.3 Å². The third-order valence-corrected chi connectivity index (χ3v) is 12.1. The fourth-order valence-corrected chi connectivity index (χ4v) is 7.73. The van der Waals surface area contributed by atoms with Gasteiger partial charge < -0.3 is 30.6 Å². The second-order valence-corrected chi connectivity index (χ2v) is 18.5.